The molecule has 0 aliphatic heterocycles. The molecule has 0 aliphatic carbocycles. The minimum Gasteiger partial charge on any atom is -0.377 e. The Labute approximate surface area is 259 Å². The number of nitrogens with one attached hydrogen (secondary N) is 3. The Morgan fingerprint density at radius 2 is 1.75 bits per heavy atom. The predicted molar refractivity (Wildman–Crippen MR) is 173 cm³/mol. The van der Waals surface area contributed by atoms with E-state index in [1.807, 2.05) is 68.0 Å². The quantitative estimate of drug-likeness (QED) is 0.195. The monoisotopic (exact) mass is 631 g/mol. The van der Waals surface area contributed by atoms with E-state index in [0.29, 0.717) is 33.7 Å². The molecule has 5 rings (SSSR count). The SMILES string of the molecule is Cc1cc([C@@H](C)Nc2ccc(Cl)nc2C(=O)NS(C)(=O)=O)c2nc(-c3ccc(Nc4ccccc4C)nc3)n(C)c(=O)c2c1. The number of halogens is 1. The number of anilines is 3. The molecule has 0 aliphatic rings. The lowest BCUT2D eigenvalue weighted by Gasteiger charge is -2.20. The maximum atomic E-state index is 13.6. The molecule has 3 N–H and O–H groups in total. The number of nitrogens with zero attached hydrogens (tertiary/aromatic N) is 4. The first-order valence-electron chi connectivity index (χ1n) is 13.6. The normalized spacial score (nSPS) is 12.1. The molecule has 226 valence electrons. The second kappa shape index (κ2) is 12.1. The van der Waals surface area contributed by atoms with Crippen molar-refractivity contribution in [1.29, 1.82) is 0 Å². The summed E-state index contributed by atoms with van der Waals surface area (Å²) in [6.45, 7) is 5.73. The minimum absolute atomic E-state index is 0.0198. The smallest absolute Gasteiger partial charge is 0.285 e. The summed E-state index contributed by atoms with van der Waals surface area (Å²) in [7, 11) is -2.18. The zero-order valence-corrected chi connectivity index (χ0v) is 26.2. The molecular weight excluding hydrogens is 602 g/mol. The minimum atomic E-state index is -3.84. The summed E-state index contributed by atoms with van der Waals surface area (Å²) >= 11 is 6.03. The van der Waals surface area contributed by atoms with Crippen molar-refractivity contribution in [3.8, 4) is 11.4 Å². The van der Waals surface area contributed by atoms with E-state index in [2.05, 4.69) is 20.6 Å². The molecule has 0 radical (unpaired) electrons. The Kier molecular flexibility index (Phi) is 8.40. The molecule has 0 unspecified atom stereocenters. The van der Waals surface area contributed by atoms with Gasteiger partial charge in [-0.25, -0.2) is 28.1 Å². The number of fused-ring (bicyclic) bond motifs is 1. The highest BCUT2D eigenvalue weighted by Gasteiger charge is 2.22. The van der Waals surface area contributed by atoms with Crippen molar-refractivity contribution in [3.63, 3.8) is 0 Å². The summed E-state index contributed by atoms with van der Waals surface area (Å²) in [6, 6.07) is 17.8. The average molecular weight is 632 g/mol. The molecular formula is C31H30ClN7O4S. The lowest BCUT2D eigenvalue weighted by Crippen LogP contribution is -2.31. The van der Waals surface area contributed by atoms with Crippen LogP contribution < -0.4 is 20.9 Å². The van der Waals surface area contributed by atoms with E-state index in [-0.39, 0.29) is 22.1 Å². The number of aromatic nitrogens is 4. The highest BCUT2D eigenvalue weighted by Crippen LogP contribution is 2.30. The van der Waals surface area contributed by atoms with E-state index in [1.54, 1.807) is 19.3 Å². The third kappa shape index (κ3) is 6.56. The van der Waals surface area contributed by atoms with Crippen LogP contribution >= 0.6 is 11.6 Å². The summed E-state index contributed by atoms with van der Waals surface area (Å²) in [5.74, 6) is 0.146. The summed E-state index contributed by atoms with van der Waals surface area (Å²) in [6.07, 6.45) is 2.54. The largest absolute Gasteiger partial charge is 0.377 e. The lowest BCUT2D eigenvalue weighted by molar-refractivity contribution is 0.0977. The Balaban J connectivity index is 1.54. The highest BCUT2D eigenvalue weighted by atomic mass is 35.5. The Bertz CT molecular complexity index is 2080. The number of sulfonamides is 1. The molecule has 2 aromatic carbocycles. The van der Waals surface area contributed by atoms with Gasteiger partial charge in [0.25, 0.3) is 11.5 Å². The van der Waals surface area contributed by atoms with Gasteiger partial charge in [-0.05, 0) is 68.3 Å². The van der Waals surface area contributed by atoms with Crippen LogP contribution in [0.4, 0.5) is 17.2 Å². The number of aryl methyl sites for hydroxylation is 2. The third-order valence-electron chi connectivity index (χ3n) is 6.98. The molecule has 0 spiro atoms. The summed E-state index contributed by atoms with van der Waals surface area (Å²) < 4.78 is 26.8. The standard InChI is InChI=1S/C31H30ClN7O4S/c1-17-14-21(19(3)34-24-11-12-25(32)36-28(24)30(40)38-44(5,42)43)27-22(15-17)31(41)39(4)29(37-27)20-10-13-26(33-16-20)35-23-9-7-6-8-18(23)2/h6-16,19,34H,1-5H3,(H,33,35)(H,38,40)/t19-/m1/s1. The van der Waals surface area contributed by atoms with Gasteiger partial charge in [-0.1, -0.05) is 35.9 Å². The second-order valence-electron chi connectivity index (χ2n) is 10.5. The van der Waals surface area contributed by atoms with E-state index < -0.39 is 22.0 Å². The highest BCUT2D eigenvalue weighted by molar-refractivity contribution is 7.89. The van der Waals surface area contributed by atoms with Crippen LogP contribution in [0.1, 0.15) is 40.1 Å². The fourth-order valence-corrected chi connectivity index (χ4v) is 5.43. The molecule has 1 atom stereocenters. The van der Waals surface area contributed by atoms with Gasteiger partial charge in [-0.2, -0.15) is 0 Å². The second-order valence-corrected chi connectivity index (χ2v) is 12.7. The van der Waals surface area contributed by atoms with Gasteiger partial charge in [0, 0.05) is 30.1 Å². The van der Waals surface area contributed by atoms with Crippen molar-refractivity contribution in [2.24, 2.45) is 7.05 Å². The number of hydrogen-bond acceptors (Lipinski definition) is 9. The number of carbonyl (C=O) groups excluding carboxylic acids is 1. The van der Waals surface area contributed by atoms with Crippen LogP contribution in [0.5, 0.6) is 0 Å². The van der Waals surface area contributed by atoms with Gasteiger partial charge in [-0.3, -0.25) is 14.2 Å². The van der Waals surface area contributed by atoms with E-state index in [9.17, 15) is 18.0 Å². The number of hydrogen-bond donors (Lipinski definition) is 3. The number of rotatable bonds is 8. The average Bonchev–Trinajstić information content (AvgIpc) is 2.96. The van der Waals surface area contributed by atoms with Gasteiger partial charge in [-0.15, -0.1) is 0 Å². The molecule has 3 aromatic heterocycles. The van der Waals surface area contributed by atoms with E-state index >= 15 is 0 Å². The zero-order valence-electron chi connectivity index (χ0n) is 24.6. The topological polar surface area (TPSA) is 148 Å². The van der Waals surface area contributed by atoms with Gasteiger partial charge < -0.3 is 10.6 Å². The molecule has 0 saturated heterocycles. The van der Waals surface area contributed by atoms with Crippen molar-refractivity contribution >= 4 is 55.6 Å². The summed E-state index contributed by atoms with van der Waals surface area (Å²) in [4.78, 5) is 39.9. The molecule has 0 bridgehead atoms. The van der Waals surface area contributed by atoms with Crippen LogP contribution in [0.3, 0.4) is 0 Å². The molecule has 13 heteroatoms. The Morgan fingerprint density at radius 1 is 1.00 bits per heavy atom. The Morgan fingerprint density at radius 3 is 2.43 bits per heavy atom. The summed E-state index contributed by atoms with van der Waals surface area (Å²) in [5.41, 5.74) is 4.50. The van der Waals surface area contributed by atoms with Crippen LogP contribution in [0.2, 0.25) is 5.15 Å². The van der Waals surface area contributed by atoms with E-state index in [4.69, 9.17) is 16.6 Å². The van der Waals surface area contributed by atoms with Gasteiger partial charge >= 0.3 is 0 Å². The van der Waals surface area contributed by atoms with Gasteiger partial charge in [0.15, 0.2) is 5.69 Å². The third-order valence-corrected chi connectivity index (χ3v) is 7.74. The van der Waals surface area contributed by atoms with Crippen LogP contribution in [0.15, 0.2) is 71.7 Å². The first-order chi connectivity index (χ1) is 20.8. The first kappa shape index (κ1) is 30.6. The van der Waals surface area contributed by atoms with Crippen molar-refractivity contribution in [1.82, 2.24) is 24.2 Å². The predicted octanol–water partition coefficient (Wildman–Crippen LogP) is 5.27. The van der Waals surface area contributed by atoms with Gasteiger partial charge in [0.1, 0.15) is 16.8 Å². The number of carbonyl (C=O) groups is 1. The van der Waals surface area contributed by atoms with Crippen LogP contribution in [-0.4, -0.2) is 40.1 Å². The molecule has 5 aromatic rings. The number of pyridine rings is 2. The van der Waals surface area contributed by atoms with Crippen molar-refractivity contribution < 1.29 is 13.2 Å². The van der Waals surface area contributed by atoms with Crippen molar-refractivity contribution in [2.75, 3.05) is 16.9 Å². The van der Waals surface area contributed by atoms with Crippen LogP contribution in [0, 0.1) is 13.8 Å². The number of amides is 1. The Hall–Kier alpha value is -4.81. The molecule has 0 saturated carbocycles. The van der Waals surface area contributed by atoms with Crippen molar-refractivity contribution in [2.45, 2.75) is 26.8 Å². The fraction of sp³-hybridized carbons (Fsp3) is 0.194. The molecule has 1 amide bonds. The maximum absolute atomic E-state index is 13.6. The van der Waals surface area contributed by atoms with Crippen LogP contribution in [-0.2, 0) is 17.1 Å². The van der Waals surface area contributed by atoms with Crippen LogP contribution in [0.25, 0.3) is 22.3 Å². The maximum Gasteiger partial charge on any atom is 0.285 e. The lowest BCUT2D eigenvalue weighted by atomic mass is 10.0. The first-order valence-corrected chi connectivity index (χ1v) is 15.8. The molecule has 11 nitrogen and oxygen atoms in total. The fourth-order valence-electron chi connectivity index (χ4n) is 4.84. The summed E-state index contributed by atoms with van der Waals surface area (Å²) in [5, 5.41) is 6.97. The molecule has 0 fully saturated rings. The van der Waals surface area contributed by atoms with Gasteiger partial charge in [0.2, 0.25) is 10.0 Å². The number of para-hydroxylation sites is 1. The van der Waals surface area contributed by atoms with Crippen molar-refractivity contribution in [3.05, 3.63) is 105 Å². The zero-order chi connectivity index (χ0) is 31.8. The molecule has 44 heavy (non-hydrogen) atoms. The molecule has 3 heterocycles. The van der Waals surface area contributed by atoms with E-state index in [1.165, 1.54) is 16.7 Å². The van der Waals surface area contributed by atoms with Gasteiger partial charge in [0.05, 0.1) is 28.9 Å². The van der Waals surface area contributed by atoms with E-state index in [0.717, 1.165) is 23.1 Å². The number of benzene rings is 2.